The average Bonchev–Trinajstić information content (AvgIpc) is 2.63. The van der Waals surface area contributed by atoms with Crippen LogP contribution >= 0.6 is 11.6 Å². The van der Waals surface area contributed by atoms with E-state index in [0.717, 1.165) is 31.2 Å². The summed E-state index contributed by atoms with van der Waals surface area (Å²) in [6, 6.07) is 1.02. The summed E-state index contributed by atoms with van der Waals surface area (Å²) in [5, 5.41) is 9.58. The third kappa shape index (κ3) is 3.07. The van der Waals surface area contributed by atoms with Crippen molar-refractivity contribution < 1.29 is 14.6 Å². The van der Waals surface area contributed by atoms with Crippen LogP contribution in [0, 0.1) is 0 Å². The average molecular weight is 298 g/mol. The van der Waals surface area contributed by atoms with Crippen molar-refractivity contribution in [1.29, 1.82) is 0 Å². The summed E-state index contributed by atoms with van der Waals surface area (Å²) in [5.74, 6) is -0.432. The van der Waals surface area contributed by atoms with Crippen molar-refractivity contribution in [1.82, 2.24) is 0 Å². The first kappa shape index (κ1) is 15.1. The van der Waals surface area contributed by atoms with Crippen molar-refractivity contribution >= 4 is 17.6 Å². The van der Waals surface area contributed by atoms with Crippen LogP contribution in [0.4, 0.5) is 0 Å². The van der Waals surface area contributed by atoms with E-state index in [1.165, 1.54) is 17.5 Å². The van der Waals surface area contributed by atoms with Gasteiger partial charge in [-0.05, 0) is 42.9 Å². The van der Waals surface area contributed by atoms with Gasteiger partial charge in [-0.3, -0.25) is 4.79 Å². The topological polar surface area (TPSA) is 72.5 Å². The van der Waals surface area contributed by atoms with Gasteiger partial charge in [0, 0.05) is 12.0 Å². The minimum Gasteiger partial charge on any atom is -0.495 e. The van der Waals surface area contributed by atoms with Crippen molar-refractivity contribution in [3.63, 3.8) is 0 Å². The molecule has 1 aromatic rings. The predicted molar refractivity (Wildman–Crippen MR) is 78.6 cm³/mol. The zero-order valence-corrected chi connectivity index (χ0v) is 12.4. The molecule has 2 rings (SSSR count). The van der Waals surface area contributed by atoms with Gasteiger partial charge in [-0.1, -0.05) is 18.0 Å². The SMILES string of the molecule is COc1c(Cl)cc2c(c1CC(N)C(=O)O)CCCCC2. The number of ether oxygens (including phenoxy) is 1. The summed E-state index contributed by atoms with van der Waals surface area (Å²) in [6.45, 7) is 0. The third-order valence-corrected chi connectivity index (χ3v) is 4.14. The minimum absolute atomic E-state index is 0.251. The summed E-state index contributed by atoms with van der Waals surface area (Å²) >= 11 is 6.27. The molecule has 0 fully saturated rings. The van der Waals surface area contributed by atoms with Crippen LogP contribution in [0.1, 0.15) is 36.0 Å². The molecule has 5 heteroatoms. The molecule has 0 saturated carbocycles. The Bertz CT molecular complexity index is 516. The van der Waals surface area contributed by atoms with Crippen molar-refractivity contribution in [2.24, 2.45) is 5.73 Å². The fraction of sp³-hybridized carbons (Fsp3) is 0.533. The molecule has 0 bridgehead atoms. The number of hydrogen-bond donors (Lipinski definition) is 2. The molecule has 0 saturated heterocycles. The van der Waals surface area contributed by atoms with Crippen molar-refractivity contribution in [3.05, 3.63) is 27.8 Å². The number of aliphatic carboxylic acids is 1. The highest BCUT2D eigenvalue weighted by molar-refractivity contribution is 6.32. The fourth-order valence-corrected chi connectivity index (χ4v) is 3.18. The molecule has 1 unspecified atom stereocenters. The quantitative estimate of drug-likeness (QED) is 0.838. The zero-order valence-electron chi connectivity index (χ0n) is 11.6. The molecule has 1 aliphatic carbocycles. The van der Waals surface area contributed by atoms with Gasteiger partial charge in [-0.2, -0.15) is 0 Å². The first-order chi connectivity index (χ1) is 9.54. The standard InChI is InChI=1S/C15H20ClNO3/c1-20-14-11(8-13(17)15(18)19)10-6-4-2-3-5-9(10)7-12(14)16/h7,13H,2-6,8,17H2,1H3,(H,18,19). The lowest BCUT2D eigenvalue weighted by Crippen LogP contribution is -2.33. The van der Waals surface area contributed by atoms with E-state index in [9.17, 15) is 4.79 Å². The highest BCUT2D eigenvalue weighted by atomic mass is 35.5. The molecule has 1 aliphatic rings. The second-order valence-electron chi connectivity index (χ2n) is 5.22. The maximum absolute atomic E-state index is 11.0. The lowest BCUT2D eigenvalue weighted by atomic mass is 9.92. The lowest BCUT2D eigenvalue weighted by Gasteiger charge is -2.19. The molecule has 0 aliphatic heterocycles. The number of aryl methyl sites for hydroxylation is 1. The number of nitrogens with two attached hydrogens (primary N) is 1. The number of fused-ring (bicyclic) bond motifs is 1. The van der Waals surface area contributed by atoms with Gasteiger partial charge in [0.15, 0.2) is 0 Å². The molecular formula is C15H20ClNO3. The zero-order chi connectivity index (χ0) is 14.7. The predicted octanol–water partition coefficient (Wildman–Crippen LogP) is 2.57. The van der Waals surface area contributed by atoms with Crippen LogP contribution in [0.25, 0.3) is 0 Å². The van der Waals surface area contributed by atoms with E-state index in [-0.39, 0.29) is 6.42 Å². The van der Waals surface area contributed by atoms with Crippen molar-refractivity contribution in [2.45, 2.75) is 44.6 Å². The molecule has 3 N–H and O–H groups in total. The molecule has 110 valence electrons. The van der Waals surface area contributed by atoms with Crippen LogP contribution in [0.5, 0.6) is 5.75 Å². The van der Waals surface area contributed by atoms with E-state index in [1.807, 2.05) is 6.07 Å². The molecule has 1 aromatic carbocycles. The van der Waals surface area contributed by atoms with Gasteiger partial charge in [-0.25, -0.2) is 0 Å². The van der Waals surface area contributed by atoms with E-state index in [1.54, 1.807) is 7.11 Å². The Balaban J connectivity index is 2.49. The molecule has 0 spiro atoms. The van der Waals surface area contributed by atoms with Crippen molar-refractivity contribution in [3.8, 4) is 5.75 Å². The van der Waals surface area contributed by atoms with Crippen LogP contribution < -0.4 is 10.5 Å². The highest BCUT2D eigenvalue weighted by Crippen LogP contribution is 2.37. The fourth-order valence-electron chi connectivity index (χ4n) is 2.85. The Kier molecular flexibility index (Phi) is 4.89. The Morgan fingerprint density at radius 2 is 2.15 bits per heavy atom. The monoisotopic (exact) mass is 297 g/mol. The van der Waals surface area contributed by atoms with Crippen LogP contribution in [-0.2, 0) is 24.1 Å². The maximum atomic E-state index is 11.0. The molecule has 0 radical (unpaired) electrons. The van der Waals surface area contributed by atoms with Crippen LogP contribution in [-0.4, -0.2) is 24.2 Å². The smallest absolute Gasteiger partial charge is 0.320 e. The Morgan fingerprint density at radius 1 is 1.45 bits per heavy atom. The second kappa shape index (κ2) is 6.46. The first-order valence-corrected chi connectivity index (χ1v) is 7.28. The number of benzene rings is 1. The van der Waals surface area contributed by atoms with Gasteiger partial charge in [0.25, 0.3) is 0 Å². The molecule has 0 aromatic heterocycles. The van der Waals surface area contributed by atoms with Gasteiger partial charge < -0.3 is 15.6 Å². The third-order valence-electron chi connectivity index (χ3n) is 3.86. The molecule has 1 atom stereocenters. The number of hydrogen-bond acceptors (Lipinski definition) is 3. The summed E-state index contributed by atoms with van der Waals surface area (Å²) < 4.78 is 5.38. The summed E-state index contributed by atoms with van der Waals surface area (Å²) in [5.41, 5.74) is 8.95. The number of carboxylic acids is 1. The van der Waals surface area contributed by atoms with Crippen LogP contribution in [0.2, 0.25) is 5.02 Å². The first-order valence-electron chi connectivity index (χ1n) is 6.90. The highest BCUT2D eigenvalue weighted by Gasteiger charge is 2.23. The number of carboxylic acid groups (broad SMARTS) is 1. The molecule has 4 nitrogen and oxygen atoms in total. The summed E-state index contributed by atoms with van der Waals surface area (Å²) in [6.07, 6.45) is 5.59. The van der Waals surface area contributed by atoms with Gasteiger partial charge in [-0.15, -0.1) is 0 Å². The molecule has 0 amide bonds. The van der Waals surface area contributed by atoms with E-state index in [0.29, 0.717) is 10.8 Å². The van der Waals surface area contributed by atoms with Gasteiger partial charge in [0.1, 0.15) is 11.8 Å². The maximum Gasteiger partial charge on any atom is 0.320 e. The normalized spacial score (nSPS) is 16.1. The number of methoxy groups -OCH3 is 1. The molecule has 0 heterocycles. The van der Waals surface area contributed by atoms with Gasteiger partial charge >= 0.3 is 5.97 Å². The number of halogens is 1. The Hall–Kier alpha value is -1.26. The molecule has 20 heavy (non-hydrogen) atoms. The largest absolute Gasteiger partial charge is 0.495 e. The van der Waals surface area contributed by atoms with E-state index < -0.39 is 12.0 Å². The molecular weight excluding hydrogens is 278 g/mol. The Labute approximate surface area is 123 Å². The summed E-state index contributed by atoms with van der Waals surface area (Å²) in [4.78, 5) is 11.0. The van der Waals surface area contributed by atoms with E-state index in [2.05, 4.69) is 0 Å². The van der Waals surface area contributed by atoms with Crippen LogP contribution in [0.3, 0.4) is 0 Å². The second-order valence-corrected chi connectivity index (χ2v) is 5.62. The van der Waals surface area contributed by atoms with Crippen molar-refractivity contribution in [2.75, 3.05) is 7.11 Å². The van der Waals surface area contributed by atoms with E-state index >= 15 is 0 Å². The minimum atomic E-state index is -1.01. The van der Waals surface area contributed by atoms with E-state index in [4.69, 9.17) is 27.2 Å². The lowest BCUT2D eigenvalue weighted by molar-refractivity contribution is -0.138. The summed E-state index contributed by atoms with van der Waals surface area (Å²) in [7, 11) is 1.56. The van der Waals surface area contributed by atoms with Gasteiger partial charge in [0.05, 0.1) is 12.1 Å². The Morgan fingerprint density at radius 3 is 2.80 bits per heavy atom. The number of rotatable bonds is 4. The van der Waals surface area contributed by atoms with Crippen LogP contribution in [0.15, 0.2) is 6.07 Å². The number of carbonyl (C=O) groups is 1. The van der Waals surface area contributed by atoms with Gasteiger partial charge in [0.2, 0.25) is 0 Å².